The molecular weight excluding hydrogens is 759 g/mol. The molecule has 62 heavy (non-hydrogen) atoms. The van der Waals surface area contributed by atoms with Crippen LogP contribution in [0, 0.1) is 0 Å². The van der Waals surface area contributed by atoms with Gasteiger partial charge in [0.05, 0.1) is 0 Å². The molecule has 0 saturated carbocycles. The fraction of sp³-hybridized carbons (Fsp3) is 0. The molecule has 3 heterocycles. The molecule has 5 nitrogen and oxygen atoms in total. The van der Waals surface area contributed by atoms with Gasteiger partial charge >= 0.3 is 0 Å². The van der Waals surface area contributed by atoms with E-state index in [1.807, 2.05) is 66.7 Å². The molecule has 12 rings (SSSR count). The third-order valence-corrected chi connectivity index (χ3v) is 11.8. The van der Waals surface area contributed by atoms with Gasteiger partial charge in [0.25, 0.3) is 0 Å². The molecule has 0 saturated heterocycles. The van der Waals surface area contributed by atoms with Gasteiger partial charge in [-0.15, -0.1) is 0 Å². The summed E-state index contributed by atoms with van der Waals surface area (Å²) in [5, 5.41) is 4.27. The normalized spacial score (nSPS) is 11.5. The minimum Gasteiger partial charge on any atom is -0.456 e. The number of hydrogen-bond acceptors (Lipinski definition) is 5. The Kier molecular flexibility index (Phi) is 8.42. The second kappa shape index (κ2) is 14.7. The minimum absolute atomic E-state index is 0.575. The van der Waals surface area contributed by atoms with Crippen molar-refractivity contribution in [3.8, 4) is 78.7 Å². The third kappa shape index (κ3) is 6.23. The van der Waals surface area contributed by atoms with Crippen LogP contribution in [-0.4, -0.2) is 15.0 Å². The van der Waals surface area contributed by atoms with Crippen LogP contribution in [0.2, 0.25) is 0 Å². The molecule has 0 fully saturated rings. The Labute approximate surface area is 357 Å². The van der Waals surface area contributed by atoms with E-state index in [4.69, 9.17) is 23.8 Å². The summed E-state index contributed by atoms with van der Waals surface area (Å²) in [5.74, 6) is 1.76. The van der Waals surface area contributed by atoms with Crippen molar-refractivity contribution in [2.45, 2.75) is 0 Å². The van der Waals surface area contributed by atoms with Crippen LogP contribution in [0.15, 0.2) is 221 Å². The van der Waals surface area contributed by atoms with E-state index in [-0.39, 0.29) is 0 Å². The van der Waals surface area contributed by atoms with E-state index in [2.05, 4.69) is 146 Å². The predicted molar refractivity (Wildman–Crippen MR) is 252 cm³/mol. The van der Waals surface area contributed by atoms with Gasteiger partial charge in [-0.05, 0) is 80.9 Å². The molecule has 0 radical (unpaired) electrons. The molecule has 9 aromatic carbocycles. The van der Waals surface area contributed by atoms with Gasteiger partial charge in [0.2, 0.25) is 0 Å². The second-order valence-electron chi connectivity index (χ2n) is 15.5. The molecule has 0 atom stereocenters. The summed E-state index contributed by atoms with van der Waals surface area (Å²) in [5.41, 5.74) is 14.9. The van der Waals surface area contributed by atoms with E-state index in [0.717, 1.165) is 93.9 Å². The summed E-state index contributed by atoms with van der Waals surface area (Å²) < 4.78 is 12.6. The third-order valence-electron chi connectivity index (χ3n) is 11.8. The Morgan fingerprint density at radius 2 is 0.694 bits per heavy atom. The zero-order valence-electron chi connectivity index (χ0n) is 33.4. The predicted octanol–water partition coefficient (Wildman–Crippen LogP) is 15.3. The summed E-state index contributed by atoms with van der Waals surface area (Å²) in [6.45, 7) is 0. The minimum atomic E-state index is 0.575. The lowest BCUT2D eigenvalue weighted by molar-refractivity contribution is 0.668. The van der Waals surface area contributed by atoms with Crippen LogP contribution in [0.4, 0.5) is 0 Å². The molecule has 0 aliphatic heterocycles. The Hall–Kier alpha value is -8.41. The quantitative estimate of drug-likeness (QED) is 0.161. The highest BCUT2D eigenvalue weighted by Crippen LogP contribution is 2.43. The summed E-state index contributed by atoms with van der Waals surface area (Å²) in [4.78, 5) is 15.7. The molecule has 0 unspecified atom stereocenters. The Balaban J connectivity index is 1.03. The molecule has 12 aromatic rings. The van der Waals surface area contributed by atoms with Crippen LogP contribution in [-0.2, 0) is 0 Å². The van der Waals surface area contributed by atoms with Gasteiger partial charge in [-0.3, -0.25) is 0 Å². The fourth-order valence-electron chi connectivity index (χ4n) is 8.69. The molecule has 0 aliphatic rings. The van der Waals surface area contributed by atoms with Gasteiger partial charge in [0.15, 0.2) is 17.5 Å². The number of benzene rings is 9. The molecule has 290 valence electrons. The van der Waals surface area contributed by atoms with Crippen molar-refractivity contribution in [3.63, 3.8) is 0 Å². The molecule has 3 aromatic heterocycles. The molecule has 0 amide bonds. The second-order valence-corrected chi connectivity index (χ2v) is 15.5. The van der Waals surface area contributed by atoms with Crippen molar-refractivity contribution in [2.24, 2.45) is 0 Å². The summed E-state index contributed by atoms with van der Waals surface area (Å²) >= 11 is 0. The van der Waals surface area contributed by atoms with Crippen LogP contribution >= 0.6 is 0 Å². The first-order chi connectivity index (χ1) is 30.7. The number of furan rings is 2. The molecule has 0 bridgehead atoms. The molecule has 5 heteroatoms. The highest BCUT2D eigenvalue weighted by atomic mass is 16.3. The number of aromatic nitrogens is 3. The number of fused-ring (bicyclic) bond motifs is 6. The lowest BCUT2D eigenvalue weighted by Gasteiger charge is -2.15. The van der Waals surface area contributed by atoms with Crippen LogP contribution in [0.3, 0.4) is 0 Å². The maximum atomic E-state index is 6.39. The summed E-state index contributed by atoms with van der Waals surface area (Å²) in [6.07, 6.45) is 0. The Morgan fingerprint density at radius 1 is 0.242 bits per heavy atom. The fourth-order valence-corrected chi connectivity index (χ4v) is 8.69. The molecule has 0 N–H and O–H groups in total. The SMILES string of the molecule is c1ccc(-c2ccc(-c3ccc(-c4nc(-c5ccccc5)nc(-c5cc(-c6ccc7oc8ccccc8c7c6)ccc5-c5cccc6oc7ccccc7c56)n4)cc3)cc2)cc1. The lowest BCUT2D eigenvalue weighted by atomic mass is 9.91. The van der Waals surface area contributed by atoms with Gasteiger partial charge < -0.3 is 8.83 Å². The highest BCUT2D eigenvalue weighted by molar-refractivity contribution is 6.14. The average molecular weight is 794 g/mol. The number of hydrogen-bond donors (Lipinski definition) is 0. The van der Waals surface area contributed by atoms with Crippen molar-refractivity contribution in [2.75, 3.05) is 0 Å². The van der Waals surface area contributed by atoms with Crippen molar-refractivity contribution in [1.29, 1.82) is 0 Å². The van der Waals surface area contributed by atoms with E-state index < -0.39 is 0 Å². The maximum Gasteiger partial charge on any atom is 0.164 e. The Bertz CT molecular complexity index is 3610. The summed E-state index contributed by atoms with van der Waals surface area (Å²) in [6, 6.07) is 73.5. The average Bonchev–Trinajstić information content (AvgIpc) is 3.93. The monoisotopic (exact) mass is 793 g/mol. The molecule has 0 aliphatic carbocycles. The van der Waals surface area contributed by atoms with E-state index in [0.29, 0.717) is 17.5 Å². The van der Waals surface area contributed by atoms with Gasteiger partial charge in [-0.25, -0.2) is 15.0 Å². The van der Waals surface area contributed by atoms with E-state index >= 15 is 0 Å². The van der Waals surface area contributed by atoms with Gasteiger partial charge in [-0.2, -0.15) is 0 Å². The summed E-state index contributed by atoms with van der Waals surface area (Å²) in [7, 11) is 0. The van der Waals surface area contributed by atoms with Gasteiger partial charge in [0, 0.05) is 38.2 Å². The van der Waals surface area contributed by atoms with Crippen LogP contribution in [0.1, 0.15) is 0 Å². The van der Waals surface area contributed by atoms with Gasteiger partial charge in [-0.1, -0.05) is 176 Å². The van der Waals surface area contributed by atoms with E-state index in [9.17, 15) is 0 Å². The zero-order valence-corrected chi connectivity index (χ0v) is 33.4. The topological polar surface area (TPSA) is 65.0 Å². The number of nitrogens with zero attached hydrogens (tertiary/aromatic N) is 3. The Morgan fingerprint density at radius 3 is 1.39 bits per heavy atom. The van der Waals surface area contributed by atoms with Crippen molar-refractivity contribution in [1.82, 2.24) is 15.0 Å². The zero-order chi connectivity index (χ0) is 41.0. The smallest absolute Gasteiger partial charge is 0.164 e. The first kappa shape index (κ1) is 35.5. The van der Waals surface area contributed by atoms with E-state index in [1.54, 1.807) is 0 Å². The highest BCUT2D eigenvalue weighted by Gasteiger charge is 2.21. The van der Waals surface area contributed by atoms with Crippen LogP contribution < -0.4 is 0 Å². The maximum absolute atomic E-state index is 6.39. The van der Waals surface area contributed by atoms with Gasteiger partial charge in [0.1, 0.15) is 22.3 Å². The standard InChI is InChI=1S/C57H35N3O2/c1-3-12-36(13-4-1)37-22-24-38(25-23-37)39-26-28-41(29-27-39)56-58-55(40-14-5-2-6-15-40)59-57(60-56)49-35-42(43-31-33-52-48(34-43)45-16-7-9-19-50(45)61-52)30-32-44(49)46-18-11-21-53-54(46)47-17-8-10-20-51(47)62-53/h1-35H. The lowest BCUT2D eigenvalue weighted by Crippen LogP contribution is -2.01. The molecular formula is C57H35N3O2. The van der Waals surface area contributed by atoms with Crippen molar-refractivity contribution >= 4 is 43.9 Å². The van der Waals surface area contributed by atoms with Crippen molar-refractivity contribution in [3.05, 3.63) is 212 Å². The van der Waals surface area contributed by atoms with Crippen LogP contribution in [0.5, 0.6) is 0 Å². The van der Waals surface area contributed by atoms with E-state index in [1.165, 1.54) is 11.1 Å². The first-order valence-corrected chi connectivity index (χ1v) is 20.7. The largest absolute Gasteiger partial charge is 0.456 e. The first-order valence-electron chi connectivity index (χ1n) is 20.7. The molecule has 0 spiro atoms. The van der Waals surface area contributed by atoms with Crippen LogP contribution in [0.25, 0.3) is 123 Å². The number of para-hydroxylation sites is 2. The van der Waals surface area contributed by atoms with Crippen molar-refractivity contribution < 1.29 is 8.83 Å². The number of rotatable bonds is 7.